The second kappa shape index (κ2) is 11.9. The van der Waals surface area contributed by atoms with Crippen LogP contribution in [0.1, 0.15) is 31.2 Å². The van der Waals surface area contributed by atoms with Gasteiger partial charge in [-0.05, 0) is 37.7 Å². The normalized spacial score (nSPS) is 20.7. The molecule has 0 unspecified atom stereocenters. The Hall–Kier alpha value is -3.24. The molecule has 1 saturated heterocycles. The molecule has 0 atom stereocenters. The molecule has 3 N–H and O–H groups in total. The van der Waals surface area contributed by atoms with Gasteiger partial charge in [-0.15, -0.1) is 13.2 Å². The first-order valence-corrected chi connectivity index (χ1v) is 14.3. The zero-order chi connectivity index (χ0) is 28.2. The third kappa shape index (κ3) is 8.37. The first-order valence-electron chi connectivity index (χ1n) is 12.4. The maximum Gasteiger partial charge on any atom is 0.573 e. The molecule has 1 saturated carbocycles. The number of rotatable bonds is 11. The van der Waals surface area contributed by atoms with Crippen molar-refractivity contribution >= 4 is 27.5 Å². The fourth-order valence-electron chi connectivity index (χ4n) is 4.92. The minimum absolute atomic E-state index is 0.0173. The first-order chi connectivity index (χ1) is 18.4. The van der Waals surface area contributed by atoms with Crippen LogP contribution in [0.3, 0.4) is 0 Å². The first kappa shape index (κ1) is 28.8. The van der Waals surface area contributed by atoms with Crippen molar-refractivity contribution < 1.29 is 31.2 Å². The summed E-state index contributed by atoms with van der Waals surface area (Å²) in [6.45, 7) is 1.75. The van der Waals surface area contributed by atoms with Crippen molar-refractivity contribution in [1.29, 1.82) is 0 Å². The summed E-state index contributed by atoms with van der Waals surface area (Å²) >= 11 is 0. The van der Waals surface area contributed by atoms with Crippen LogP contribution < -0.4 is 20.1 Å². The number of nitro groups is 1. The number of halogens is 3. The molecule has 2 aliphatic rings. The molecule has 2 heterocycles. The number of nitrogens with zero attached hydrogens (tertiary/aromatic N) is 4. The van der Waals surface area contributed by atoms with E-state index < -0.39 is 21.3 Å². The second-order valence-electron chi connectivity index (χ2n) is 9.79. The average Bonchev–Trinajstić information content (AvgIpc) is 2.83. The largest absolute Gasteiger partial charge is 0.573 e. The van der Waals surface area contributed by atoms with E-state index in [1.165, 1.54) is 18.2 Å². The highest BCUT2D eigenvalue weighted by Crippen LogP contribution is 2.32. The Morgan fingerprint density at radius 3 is 2.49 bits per heavy atom. The van der Waals surface area contributed by atoms with E-state index in [1.807, 2.05) is 0 Å². The number of benzene rings is 1. The molecular formula is C23H30F3N7O5S. The number of likely N-dealkylation sites (tertiary alicyclic amines) is 1. The smallest absolute Gasteiger partial charge is 0.405 e. The summed E-state index contributed by atoms with van der Waals surface area (Å²) in [7, 11) is -3.21. The van der Waals surface area contributed by atoms with Gasteiger partial charge in [0.05, 0.1) is 11.2 Å². The SMILES string of the molecule is CS(=O)(=O)NC1CN([C@H]2CC[C@H](CNc3nc(NCc4ccccc4OC(F)(F)F)ncc3[N+](=O)[O-])CC2)C1. The van der Waals surface area contributed by atoms with Crippen molar-refractivity contribution in [2.45, 2.75) is 50.7 Å². The highest BCUT2D eigenvalue weighted by atomic mass is 32.2. The summed E-state index contributed by atoms with van der Waals surface area (Å²) in [6.07, 6.45) is 1.05. The van der Waals surface area contributed by atoms with E-state index in [-0.39, 0.29) is 47.3 Å². The van der Waals surface area contributed by atoms with Crippen molar-refractivity contribution in [3.05, 3.63) is 46.1 Å². The van der Waals surface area contributed by atoms with Gasteiger partial charge in [0.15, 0.2) is 0 Å². The predicted molar refractivity (Wildman–Crippen MR) is 137 cm³/mol. The molecule has 0 bridgehead atoms. The van der Waals surface area contributed by atoms with E-state index in [0.717, 1.165) is 38.1 Å². The lowest BCUT2D eigenvalue weighted by atomic mass is 9.84. The molecule has 4 rings (SSSR count). The number of ether oxygens (including phenoxy) is 1. The number of hydrogen-bond donors (Lipinski definition) is 3. The van der Waals surface area contributed by atoms with Gasteiger partial charge in [-0.25, -0.2) is 18.1 Å². The molecular weight excluding hydrogens is 543 g/mol. The maximum absolute atomic E-state index is 12.7. The van der Waals surface area contributed by atoms with Crippen molar-refractivity contribution in [2.24, 2.45) is 5.92 Å². The van der Waals surface area contributed by atoms with Crippen LogP contribution in [0.4, 0.5) is 30.6 Å². The summed E-state index contributed by atoms with van der Waals surface area (Å²) in [6, 6.07) is 5.95. The Morgan fingerprint density at radius 1 is 1.15 bits per heavy atom. The van der Waals surface area contributed by atoms with E-state index in [2.05, 4.69) is 35.0 Å². The third-order valence-corrected chi connectivity index (χ3v) is 7.54. The van der Waals surface area contributed by atoms with Crippen molar-refractivity contribution in [3.63, 3.8) is 0 Å². The Bertz CT molecular complexity index is 1270. The number of anilines is 2. The maximum atomic E-state index is 12.7. The Kier molecular flexibility index (Phi) is 8.76. The molecule has 12 nitrogen and oxygen atoms in total. The monoisotopic (exact) mass is 573 g/mol. The summed E-state index contributed by atoms with van der Waals surface area (Å²) < 4.78 is 67.4. The van der Waals surface area contributed by atoms with E-state index >= 15 is 0 Å². The van der Waals surface area contributed by atoms with Gasteiger partial charge in [0, 0.05) is 43.8 Å². The topological polar surface area (TPSA) is 152 Å². The van der Waals surface area contributed by atoms with Gasteiger partial charge in [-0.2, -0.15) is 4.98 Å². The standard InChI is InChI=1S/C23H30F3N7O5S/c1-39(36,37)31-17-13-32(14-17)18-8-6-15(7-9-18)10-27-21-19(33(34)35)12-29-22(30-21)28-11-16-4-2-3-5-20(16)38-23(24,25)26/h2-5,12,15,17-18,31H,6-11,13-14H2,1H3,(H2,27,28,29,30)/t15-,18-. The van der Waals surface area contributed by atoms with Gasteiger partial charge < -0.3 is 15.4 Å². The highest BCUT2D eigenvalue weighted by Gasteiger charge is 2.36. The molecule has 39 heavy (non-hydrogen) atoms. The van der Waals surface area contributed by atoms with Crippen molar-refractivity contribution in [3.8, 4) is 5.75 Å². The van der Waals surface area contributed by atoms with Crippen LogP contribution in [0.2, 0.25) is 0 Å². The van der Waals surface area contributed by atoms with Gasteiger partial charge >= 0.3 is 12.0 Å². The van der Waals surface area contributed by atoms with Crippen molar-refractivity contribution in [2.75, 3.05) is 36.5 Å². The Labute approximate surface area is 223 Å². The quantitative estimate of drug-likeness (QED) is 0.270. The lowest BCUT2D eigenvalue weighted by Crippen LogP contribution is -2.62. The number of aromatic nitrogens is 2. The average molecular weight is 574 g/mol. The van der Waals surface area contributed by atoms with Crippen molar-refractivity contribution in [1.82, 2.24) is 19.6 Å². The second-order valence-corrected chi connectivity index (χ2v) is 11.6. The fourth-order valence-corrected chi connectivity index (χ4v) is 5.67. The van der Waals surface area contributed by atoms with E-state index in [0.29, 0.717) is 25.7 Å². The minimum atomic E-state index is -4.84. The van der Waals surface area contributed by atoms with Gasteiger partial charge in [-0.1, -0.05) is 18.2 Å². The molecule has 214 valence electrons. The van der Waals surface area contributed by atoms with Gasteiger partial charge in [0.25, 0.3) is 0 Å². The molecule has 2 fully saturated rings. The molecule has 0 radical (unpaired) electrons. The Balaban J connectivity index is 1.30. The van der Waals surface area contributed by atoms with Crippen LogP contribution in [0.15, 0.2) is 30.5 Å². The number of alkyl halides is 3. The van der Waals surface area contributed by atoms with Crippen LogP contribution in [-0.2, 0) is 16.6 Å². The fraction of sp³-hybridized carbons (Fsp3) is 0.565. The molecule has 1 aliphatic heterocycles. The number of nitrogens with one attached hydrogen (secondary N) is 3. The third-order valence-electron chi connectivity index (χ3n) is 6.78. The number of sulfonamides is 1. The van der Waals surface area contributed by atoms with Crippen LogP contribution >= 0.6 is 0 Å². The molecule has 1 aromatic carbocycles. The lowest BCUT2D eigenvalue weighted by molar-refractivity contribution is -0.384. The Morgan fingerprint density at radius 2 is 1.85 bits per heavy atom. The zero-order valence-electron chi connectivity index (χ0n) is 21.1. The van der Waals surface area contributed by atoms with E-state index in [4.69, 9.17) is 0 Å². The van der Waals surface area contributed by atoms with E-state index in [1.54, 1.807) is 6.07 Å². The molecule has 0 spiro atoms. The zero-order valence-corrected chi connectivity index (χ0v) is 22.0. The minimum Gasteiger partial charge on any atom is -0.405 e. The van der Waals surface area contributed by atoms with Gasteiger partial charge in [0.1, 0.15) is 11.9 Å². The highest BCUT2D eigenvalue weighted by molar-refractivity contribution is 7.88. The van der Waals surface area contributed by atoms with Crippen LogP contribution in [0.25, 0.3) is 0 Å². The van der Waals surface area contributed by atoms with Crippen LogP contribution in [-0.4, -0.2) is 72.5 Å². The van der Waals surface area contributed by atoms with Gasteiger partial charge in [-0.3, -0.25) is 15.0 Å². The molecule has 1 aliphatic carbocycles. The predicted octanol–water partition coefficient (Wildman–Crippen LogP) is 3.10. The number of para-hydroxylation sites is 1. The van der Waals surface area contributed by atoms with Gasteiger partial charge in [0.2, 0.25) is 21.8 Å². The van der Waals surface area contributed by atoms with E-state index in [9.17, 15) is 31.7 Å². The summed E-state index contributed by atoms with van der Waals surface area (Å²) in [5.41, 5.74) is -0.0938. The summed E-state index contributed by atoms with van der Waals surface area (Å²) in [4.78, 5) is 21.3. The lowest BCUT2D eigenvalue weighted by Gasteiger charge is -2.46. The molecule has 0 amide bonds. The number of hydrogen-bond acceptors (Lipinski definition) is 10. The molecule has 2 aromatic rings. The van der Waals surface area contributed by atoms with Crippen LogP contribution in [0.5, 0.6) is 5.75 Å². The molecule has 16 heteroatoms. The molecule has 1 aromatic heterocycles. The van der Waals surface area contributed by atoms with Crippen LogP contribution in [0, 0.1) is 16.0 Å². The summed E-state index contributed by atoms with van der Waals surface area (Å²) in [5, 5.41) is 17.4. The summed E-state index contributed by atoms with van der Waals surface area (Å²) in [5.74, 6) is -0.0563.